The molecule has 1 heterocycles. The van der Waals surface area contributed by atoms with Gasteiger partial charge in [0.05, 0.1) is 13.0 Å². The Kier molecular flexibility index (Phi) is 6.42. The molecule has 114 valence electrons. The maximum absolute atomic E-state index is 9.53. The van der Waals surface area contributed by atoms with E-state index in [0.717, 1.165) is 18.7 Å². The summed E-state index contributed by atoms with van der Waals surface area (Å²) < 4.78 is 5.77. The van der Waals surface area contributed by atoms with E-state index in [0.29, 0.717) is 18.3 Å². The number of carboxylic acids is 2. The summed E-state index contributed by atoms with van der Waals surface area (Å²) in [5.74, 6) is -1.72. The van der Waals surface area contributed by atoms with Crippen LogP contribution in [0, 0.1) is 6.92 Å². The number of quaternary nitrogens is 1. The van der Waals surface area contributed by atoms with Crippen LogP contribution in [0.5, 0.6) is 5.75 Å². The Hall–Kier alpha value is -2.34. The number of hydrogen-bond donors (Lipinski definition) is 2. The van der Waals surface area contributed by atoms with E-state index < -0.39 is 11.9 Å². The van der Waals surface area contributed by atoms with E-state index in [1.165, 1.54) is 11.1 Å². The molecule has 0 fully saturated rings. The number of hydrogen-bond acceptors (Lipinski definition) is 4. The second-order valence-electron chi connectivity index (χ2n) is 4.69. The smallest absolute Gasteiger partial charge is 0.328 e. The SMILES string of the molecule is C[NH2+]CC1Cc2cc(C)ccc2O1.O=C([O-])/C=C\C(=O)O. The van der Waals surface area contributed by atoms with Crippen LogP contribution in [0.25, 0.3) is 0 Å². The van der Waals surface area contributed by atoms with Crippen molar-refractivity contribution < 1.29 is 29.9 Å². The third-order valence-corrected chi connectivity index (χ3v) is 2.82. The fourth-order valence-electron chi connectivity index (χ4n) is 1.98. The third kappa shape index (κ3) is 6.09. The van der Waals surface area contributed by atoms with Crippen LogP contribution in [0.15, 0.2) is 30.4 Å². The zero-order valence-corrected chi connectivity index (χ0v) is 12.0. The van der Waals surface area contributed by atoms with Gasteiger partial charge in [0.25, 0.3) is 0 Å². The van der Waals surface area contributed by atoms with Crippen molar-refractivity contribution in [1.82, 2.24) is 0 Å². The van der Waals surface area contributed by atoms with Gasteiger partial charge in [0, 0.05) is 12.5 Å². The van der Waals surface area contributed by atoms with E-state index in [9.17, 15) is 14.7 Å². The maximum Gasteiger partial charge on any atom is 0.328 e. The summed E-state index contributed by atoms with van der Waals surface area (Å²) >= 11 is 0. The first kappa shape index (κ1) is 16.7. The largest absolute Gasteiger partial charge is 0.545 e. The monoisotopic (exact) mass is 293 g/mol. The van der Waals surface area contributed by atoms with Gasteiger partial charge >= 0.3 is 5.97 Å². The molecule has 1 unspecified atom stereocenters. The van der Waals surface area contributed by atoms with Crippen LogP contribution >= 0.6 is 0 Å². The van der Waals surface area contributed by atoms with E-state index in [-0.39, 0.29) is 0 Å². The predicted molar refractivity (Wildman–Crippen MR) is 73.8 cm³/mol. The number of nitrogens with two attached hydrogens (primary N) is 1. The molecule has 0 amide bonds. The average molecular weight is 293 g/mol. The molecule has 1 aromatic rings. The lowest BCUT2D eigenvalue weighted by Gasteiger charge is -2.06. The quantitative estimate of drug-likeness (QED) is 0.684. The molecule has 1 aliphatic rings. The van der Waals surface area contributed by atoms with Crippen molar-refractivity contribution in [3.63, 3.8) is 0 Å². The first-order valence-corrected chi connectivity index (χ1v) is 6.58. The standard InChI is InChI=1S/C11H15NO.C4H4O4/c1-8-3-4-11-9(5-8)6-10(13-11)7-12-2;5-3(6)1-2-4(7)8/h3-5,10,12H,6-7H2,1-2H3;1-2H,(H,5,6)(H,7,8)/b;2-1-. The Morgan fingerprint density at radius 3 is 2.71 bits per heavy atom. The van der Waals surface area contributed by atoms with Crippen LogP contribution in [0.4, 0.5) is 0 Å². The second-order valence-corrected chi connectivity index (χ2v) is 4.69. The van der Waals surface area contributed by atoms with Crippen molar-refractivity contribution in [2.45, 2.75) is 19.4 Å². The molecule has 0 saturated heterocycles. The van der Waals surface area contributed by atoms with Gasteiger partial charge in [-0.25, -0.2) is 4.79 Å². The fourth-order valence-corrected chi connectivity index (χ4v) is 1.98. The van der Waals surface area contributed by atoms with Crippen molar-refractivity contribution in [2.24, 2.45) is 0 Å². The minimum absolute atomic E-state index is 0.377. The topological polar surface area (TPSA) is 103 Å². The highest BCUT2D eigenvalue weighted by Crippen LogP contribution is 2.28. The number of carbonyl (C=O) groups excluding carboxylic acids is 1. The molecule has 3 N–H and O–H groups in total. The average Bonchev–Trinajstić information content (AvgIpc) is 2.79. The summed E-state index contributed by atoms with van der Waals surface area (Å²) in [6.45, 7) is 3.17. The van der Waals surface area contributed by atoms with Gasteiger partial charge in [-0.15, -0.1) is 0 Å². The van der Waals surface area contributed by atoms with Gasteiger partial charge in [0.1, 0.15) is 12.3 Å². The molecular formula is C15H19NO5. The molecule has 21 heavy (non-hydrogen) atoms. The molecule has 2 rings (SSSR count). The Bertz CT molecular complexity index is 523. The number of likely N-dealkylation sites (N-methyl/N-ethyl adjacent to an activating group) is 1. The molecule has 1 atom stereocenters. The lowest BCUT2D eigenvalue weighted by atomic mass is 10.1. The highest BCUT2D eigenvalue weighted by Gasteiger charge is 2.23. The van der Waals surface area contributed by atoms with Crippen LogP contribution in [0.2, 0.25) is 0 Å². The zero-order valence-electron chi connectivity index (χ0n) is 12.0. The van der Waals surface area contributed by atoms with Crippen LogP contribution in [0.3, 0.4) is 0 Å². The van der Waals surface area contributed by atoms with Gasteiger partial charge in [-0.3, -0.25) is 0 Å². The number of aliphatic carboxylic acids is 2. The van der Waals surface area contributed by atoms with Crippen LogP contribution < -0.4 is 15.2 Å². The van der Waals surface area contributed by atoms with Crippen LogP contribution in [0.1, 0.15) is 11.1 Å². The lowest BCUT2D eigenvalue weighted by Crippen LogP contribution is -2.82. The van der Waals surface area contributed by atoms with E-state index in [4.69, 9.17) is 9.84 Å². The van der Waals surface area contributed by atoms with E-state index in [2.05, 4.69) is 37.5 Å². The first-order chi connectivity index (χ1) is 9.92. The molecular weight excluding hydrogens is 274 g/mol. The van der Waals surface area contributed by atoms with Gasteiger partial charge in [0.2, 0.25) is 0 Å². The summed E-state index contributed by atoms with van der Waals surface area (Å²) in [5.41, 5.74) is 2.69. The molecule has 0 aliphatic carbocycles. The number of carboxylic acid groups (broad SMARTS) is 2. The minimum atomic E-state index is -1.51. The van der Waals surface area contributed by atoms with Crippen LogP contribution in [-0.2, 0) is 16.0 Å². The number of fused-ring (bicyclic) bond motifs is 1. The van der Waals surface area contributed by atoms with Crippen molar-refractivity contribution in [3.8, 4) is 5.75 Å². The summed E-state index contributed by atoms with van der Waals surface area (Å²) in [5, 5.41) is 19.4. The van der Waals surface area contributed by atoms with Crippen molar-refractivity contribution in [1.29, 1.82) is 0 Å². The Balaban J connectivity index is 0.000000240. The van der Waals surface area contributed by atoms with Gasteiger partial charge < -0.3 is 25.1 Å². The van der Waals surface area contributed by atoms with E-state index in [1.807, 2.05) is 0 Å². The van der Waals surface area contributed by atoms with Crippen molar-refractivity contribution in [3.05, 3.63) is 41.5 Å². The van der Waals surface area contributed by atoms with Gasteiger partial charge in [-0.1, -0.05) is 17.7 Å². The van der Waals surface area contributed by atoms with Crippen molar-refractivity contribution in [2.75, 3.05) is 13.6 Å². The van der Waals surface area contributed by atoms with E-state index >= 15 is 0 Å². The van der Waals surface area contributed by atoms with Gasteiger partial charge in [0.15, 0.2) is 6.10 Å². The molecule has 0 spiro atoms. The molecule has 0 saturated carbocycles. The molecule has 0 bridgehead atoms. The number of ether oxygens (including phenoxy) is 1. The third-order valence-electron chi connectivity index (χ3n) is 2.82. The lowest BCUT2D eigenvalue weighted by molar-refractivity contribution is -0.632. The second kappa shape index (κ2) is 8.06. The molecule has 6 nitrogen and oxygen atoms in total. The summed E-state index contributed by atoms with van der Waals surface area (Å²) in [6, 6.07) is 6.42. The molecule has 0 aromatic heterocycles. The fraction of sp³-hybridized carbons (Fsp3) is 0.333. The summed E-state index contributed by atoms with van der Waals surface area (Å²) in [7, 11) is 2.08. The Labute approximate surface area is 123 Å². The Morgan fingerprint density at radius 1 is 1.48 bits per heavy atom. The predicted octanol–water partition coefficient (Wildman–Crippen LogP) is -1.13. The summed E-state index contributed by atoms with van der Waals surface area (Å²) in [6.07, 6.45) is 2.39. The molecule has 1 aromatic carbocycles. The van der Waals surface area contributed by atoms with Gasteiger partial charge in [-0.05, 0) is 24.6 Å². The maximum atomic E-state index is 9.53. The van der Waals surface area contributed by atoms with Gasteiger partial charge in [-0.2, -0.15) is 0 Å². The highest BCUT2D eigenvalue weighted by atomic mass is 16.5. The number of rotatable bonds is 4. The normalized spacial score (nSPS) is 15.8. The molecule has 6 heteroatoms. The van der Waals surface area contributed by atoms with Crippen LogP contribution in [-0.4, -0.2) is 36.7 Å². The van der Waals surface area contributed by atoms with E-state index in [1.54, 1.807) is 0 Å². The molecule has 1 aliphatic heterocycles. The number of carbonyl (C=O) groups is 2. The molecule has 0 radical (unpaired) electrons. The minimum Gasteiger partial charge on any atom is -0.545 e. The Morgan fingerprint density at radius 2 is 2.19 bits per heavy atom. The highest BCUT2D eigenvalue weighted by molar-refractivity contribution is 5.88. The number of benzene rings is 1. The first-order valence-electron chi connectivity index (χ1n) is 6.58. The summed E-state index contributed by atoms with van der Waals surface area (Å²) in [4.78, 5) is 19.0. The zero-order chi connectivity index (χ0) is 15.8. The number of aryl methyl sites for hydroxylation is 1. The van der Waals surface area contributed by atoms with Crippen molar-refractivity contribution >= 4 is 11.9 Å².